The summed E-state index contributed by atoms with van der Waals surface area (Å²) in [5, 5.41) is 11.0. The van der Waals surface area contributed by atoms with E-state index in [1.165, 1.54) is 24.2 Å². The molecular formula is C22H30N6OS. The average Bonchev–Trinajstić information content (AvgIpc) is 3.26. The summed E-state index contributed by atoms with van der Waals surface area (Å²) in [7, 11) is 1.86. The summed E-state index contributed by atoms with van der Waals surface area (Å²) in [5.74, 6) is 0.873. The first-order chi connectivity index (χ1) is 14.3. The Balaban J connectivity index is 1.54. The van der Waals surface area contributed by atoms with Crippen LogP contribution in [0, 0.1) is 12.8 Å². The summed E-state index contributed by atoms with van der Waals surface area (Å²) in [4.78, 5) is 25.0. The van der Waals surface area contributed by atoms with E-state index < -0.39 is 0 Å². The highest BCUT2D eigenvalue weighted by molar-refractivity contribution is 7.14. The van der Waals surface area contributed by atoms with Gasteiger partial charge in [0.25, 0.3) is 5.91 Å². The lowest BCUT2D eigenvalue weighted by atomic mass is 9.99. The van der Waals surface area contributed by atoms with Crippen LogP contribution in [0.3, 0.4) is 0 Å². The molecule has 0 bridgehead atoms. The van der Waals surface area contributed by atoms with Crippen LogP contribution in [0.4, 0.5) is 5.13 Å². The molecular weight excluding hydrogens is 396 g/mol. The number of carbonyl (C=O) groups excluding carboxylic acids is 1. The van der Waals surface area contributed by atoms with E-state index in [2.05, 4.69) is 41.1 Å². The molecule has 8 heteroatoms. The highest BCUT2D eigenvalue weighted by atomic mass is 32.1. The molecule has 1 saturated heterocycles. The zero-order valence-corrected chi connectivity index (χ0v) is 19.2. The van der Waals surface area contributed by atoms with Gasteiger partial charge in [-0.05, 0) is 50.8 Å². The predicted molar refractivity (Wildman–Crippen MR) is 121 cm³/mol. The molecule has 0 radical (unpaired) electrons. The van der Waals surface area contributed by atoms with E-state index in [0.717, 1.165) is 53.7 Å². The summed E-state index contributed by atoms with van der Waals surface area (Å²) >= 11 is 1.48. The number of nitrogens with one attached hydrogen (secondary N) is 1. The average molecular weight is 427 g/mol. The van der Waals surface area contributed by atoms with Crippen LogP contribution in [-0.4, -0.2) is 43.6 Å². The van der Waals surface area contributed by atoms with E-state index in [-0.39, 0.29) is 11.8 Å². The largest absolute Gasteiger partial charge is 0.298 e. The Bertz CT molecular complexity index is 1060. The highest BCUT2D eigenvalue weighted by Gasteiger charge is 2.21. The number of rotatable bonds is 5. The number of nitrogens with zero attached hydrogens (tertiary/aromatic N) is 5. The molecule has 0 spiro atoms. The van der Waals surface area contributed by atoms with Crippen LogP contribution in [0.5, 0.6) is 0 Å². The standard InChI is InChI=1S/C22H30N6OS/c1-13(2)18-10-17(19-15(4)26-27(5)20(19)24-18)21(29)25-22-23-16(12-30-22)11-28-8-6-14(3)7-9-28/h10,12-14H,6-9,11H2,1-5H3,(H,23,25,29). The SMILES string of the molecule is Cc1nn(C)c2nc(C(C)C)cc(C(=O)Nc3nc(CN4CCC(C)CC4)cs3)c12. The van der Waals surface area contributed by atoms with Crippen molar-refractivity contribution in [3.05, 3.63) is 34.1 Å². The van der Waals surface area contributed by atoms with Gasteiger partial charge in [-0.15, -0.1) is 11.3 Å². The molecule has 0 saturated carbocycles. The molecule has 0 aromatic carbocycles. The van der Waals surface area contributed by atoms with Crippen molar-refractivity contribution in [3.63, 3.8) is 0 Å². The third-order valence-corrected chi connectivity index (χ3v) is 6.67. The second-order valence-corrected chi connectivity index (χ2v) is 9.57. The number of anilines is 1. The molecule has 4 rings (SSSR count). The lowest BCUT2D eigenvalue weighted by Gasteiger charge is -2.29. The molecule has 4 heterocycles. The fraction of sp³-hybridized carbons (Fsp3) is 0.545. The number of hydrogen-bond donors (Lipinski definition) is 1. The van der Waals surface area contributed by atoms with Crippen LogP contribution in [0.15, 0.2) is 11.4 Å². The number of pyridine rings is 1. The number of carbonyl (C=O) groups is 1. The van der Waals surface area contributed by atoms with Gasteiger partial charge in [0, 0.05) is 24.7 Å². The molecule has 0 aliphatic carbocycles. The number of hydrogen-bond acceptors (Lipinski definition) is 6. The van der Waals surface area contributed by atoms with Gasteiger partial charge in [0.05, 0.1) is 22.3 Å². The van der Waals surface area contributed by atoms with Crippen LogP contribution in [-0.2, 0) is 13.6 Å². The summed E-state index contributed by atoms with van der Waals surface area (Å²) in [6, 6.07) is 1.89. The maximum absolute atomic E-state index is 13.2. The maximum Gasteiger partial charge on any atom is 0.258 e. The number of aromatic nitrogens is 4. The molecule has 30 heavy (non-hydrogen) atoms. The summed E-state index contributed by atoms with van der Waals surface area (Å²) in [6.07, 6.45) is 2.49. The molecule has 1 amide bonds. The Labute approximate surface area is 181 Å². The van der Waals surface area contributed by atoms with Crippen LogP contribution in [0.1, 0.15) is 67.0 Å². The van der Waals surface area contributed by atoms with Gasteiger partial charge in [-0.1, -0.05) is 20.8 Å². The minimum absolute atomic E-state index is 0.159. The quantitative estimate of drug-likeness (QED) is 0.657. The van der Waals surface area contributed by atoms with Gasteiger partial charge in [0.15, 0.2) is 10.8 Å². The Morgan fingerprint density at radius 1 is 1.30 bits per heavy atom. The van der Waals surface area contributed by atoms with Gasteiger partial charge in [0.2, 0.25) is 0 Å². The summed E-state index contributed by atoms with van der Waals surface area (Å²) in [6.45, 7) is 11.5. The lowest BCUT2D eigenvalue weighted by Crippen LogP contribution is -2.32. The minimum atomic E-state index is -0.159. The Hall–Kier alpha value is -2.32. The second-order valence-electron chi connectivity index (χ2n) is 8.71. The van der Waals surface area contributed by atoms with Crippen LogP contribution < -0.4 is 5.32 Å². The zero-order chi connectivity index (χ0) is 21.4. The van der Waals surface area contributed by atoms with Crippen molar-refractivity contribution in [1.29, 1.82) is 0 Å². The normalized spacial score (nSPS) is 15.9. The minimum Gasteiger partial charge on any atom is -0.298 e. The molecule has 0 unspecified atom stereocenters. The smallest absolute Gasteiger partial charge is 0.258 e. The third kappa shape index (κ3) is 4.25. The molecule has 3 aromatic heterocycles. The molecule has 1 N–H and O–H groups in total. The first-order valence-electron chi connectivity index (χ1n) is 10.6. The van der Waals surface area contributed by atoms with Crippen molar-refractivity contribution in [2.45, 2.75) is 53.0 Å². The molecule has 3 aromatic rings. The summed E-state index contributed by atoms with van der Waals surface area (Å²) in [5.41, 5.74) is 4.05. The van der Waals surface area contributed by atoms with E-state index in [1.807, 2.05) is 25.4 Å². The molecule has 160 valence electrons. The second kappa shape index (κ2) is 8.43. The van der Waals surface area contributed by atoms with Gasteiger partial charge < -0.3 is 0 Å². The third-order valence-electron chi connectivity index (χ3n) is 5.86. The number of thiazole rings is 1. The van der Waals surface area contributed by atoms with Crippen molar-refractivity contribution in [2.24, 2.45) is 13.0 Å². The van der Waals surface area contributed by atoms with Crippen molar-refractivity contribution in [1.82, 2.24) is 24.6 Å². The number of likely N-dealkylation sites (tertiary alicyclic amines) is 1. The number of amides is 1. The predicted octanol–water partition coefficient (Wildman–Crippen LogP) is 4.34. The van der Waals surface area contributed by atoms with Crippen molar-refractivity contribution >= 4 is 33.4 Å². The van der Waals surface area contributed by atoms with E-state index in [0.29, 0.717) is 10.7 Å². The topological polar surface area (TPSA) is 75.9 Å². The van der Waals surface area contributed by atoms with Crippen molar-refractivity contribution < 1.29 is 4.79 Å². The fourth-order valence-electron chi connectivity index (χ4n) is 3.99. The Morgan fingerprint density at radius 2 is 2.03 bits per heavy atom. The van der Waals surface area contributed by atoms with Gasteiger partial charge in [0.1, 0.15) is 0 Å². The molecule has 0 atom stereocenters. The number of fused-ring (bicyclic) bond motifs is 1. The van der Waals surface area contributed by atoms with Gasteiger partial charge >= 0.3 is 0 Å². The molecule has 1 aliphatic rings. The molecule has 1 aliphatic heterocycles. The van der Waals surface area contributed by atoms with Crippen LogP contribution >= 0.6 is 11.3 Å². The Morgan fingerprint density at radius 3 is 2.73 bits per heavy atom. The van der Waals surface area contributed by atoms with Crippen LogP contribution in [0.2, 0.25) is 0 Å². The molecule has 7 nitrogen and oxygen atoms in total. The fourth-order valence-corrected chi connectivity index (χ4v) is 4.69. The Kier molecular flexibility index (Phi) is 5.88. The lowest BCUT2D eigenvalue weighted by molar-refractivity contribution is 0.102. The van der Waals surface area contributed by atoms with Crippen molar-refractivity contribution in [2.75, 3.05) is 18.4 Å². The highest BCUT2D eigenvalue weighted by Crippen LogP contribution is 2.27. The van der Waals surface area contributed by atoms with E-state index in [1.54, 1.807) is 4.68 Å². The zero-order valence-electron chi connectivity index (χ0n) is 18.4. The van der Waals surface area contributed by atoms with Crippen LogP contribution in [0.25, 0.3) is 11.0 Å². The van der Waals surface area contributed by atoms with Gasteiger partial charge in [-0.3, -0.25) is 19.7 Å². The first-order valence-corrected chi connectivity index (χ1v) is 11.5. The van der Waals surface area contributed by atoms with E-state index in [4.69, 9.17) is 4.98 Å². The monoisotopic (exact) mass is 426 g/mol. The van der Waals surface area contributed by atoms with E-state index in [9.17, 15) is 4.79 Å². The van der Waals surface area contributed by atoms with Gasteiger partial charge in [-0.2, -0.15) is 5.10 Å². The summed E-state index contributed by atoms with van der Waals surface area (Å²) < 4.78 is 1.74. The number of aryl methyl sites for hydroxylation is 2. The molecule has 1 fully saturated rings. The van der Waals surface area contributed by atoms with E-state index >= 15 is 0 Å². The van der Waals surface area contributed by atoms with Crippen molar-refractivity contribution in [3.8, 4) is 0 Å². The maximum atomic E-state index is 13.2. The van der Waals surface area contributed by atoms with Gasteiger partial charge in [-0.25, -0.2) is 9.97 Å². The first kappa shape index (κ1) is 20.9. The number of piperidine rings is 1.